The van der Waals surface area contributed by atoms with Gasteiger partial charge in [-0.3, -0.25) is 4.90 Å². The number of likely N-dealkylation sites (N-methyl/N-ethyl adjacent to an activating group) is 1. The summed E-state index contributed by atoms with van der Waals surface area (Å²) in [7, 11) is 3.50. The molecule has 0 unspecified atom stereocenters. The fraction of sp³-hybridized carbons (Fsp3) is 0.435. The number of rotatable bonds is 8. The number of para-hydroxylation sites is 1. The van der Waals surface area contributed by atoms with Crippen molar-refractivity contribution in [3.8, 4) is 5.75 Å². The minimum absolute atomic E-state index is 0.0592. The summed E-state index contributed by atoms with van der Waals surface area (Å²) in [6.45, 7) is 4.62. The summed E-state index contributed by atoms with van der Waals surface area (Å²) in [5.41, 5.74) is 3.57. The van der Waals surface area contributed by atoms with E-state index in [1.807, 2.05) is 31.3 Å². The molecule has 0 spiro atoms. The van der Waals surface area contributed by atoms with E-state index < -0.39 is 0 Å². The Morgan fingerprint density at radius 1 is 1.07 bits per heavy atom. The lowest BCUT2D eigenvalue weighted by atomic mass is 10.1. The van der Waals surface area contributed by atoms with Crippen molar-refractivity contribution in [2.75, 3.05) is 33.8 Å². The molecule has 5 heteroatoms. The fourth-order valence-corrected chi connectivity index (χ4v) is 3.57. The van der Waals surface area contributed by atoms with Crippen LogP contribution in [0, 0.1) is 0 Å². The van der Waals surface area contributed by atoms with E-state index in [0.29, 0.717) is 13.1 Å². The van der Waals surface area contributed by atoms with Gasteiger partial charge in [0.25, 0.3) is 0 Å². The first-order valence-electron chi connectivity index (χ1n) is 10.1. The highest BCUT2D eigenvalue weighted by molar-refractivity contribution is 5.73. The molecule has 2 amide bonds. The SMILES string of the molecule is COc1ccccc1CCN(C)C(=O)NCc1ccc(CN2CCCC2)cc1. The number of ether oxygens (including phenoxy) is 1. The van der Waals surface area contributed by atoms with E-state index >= 15 is 0 Å². The average Bonchev–Trinajstić information content (AvgIpc) is 3.24. The Morgan fingerprint density at radius 3 is 2.46 bits per heavy atom. The van der Waals surface area contributed by atoms with Gasteiger partial charge >= 0.3 is 6.03 Å². The second kappa shape index (κ2) is 10.1. The summed E-state index contributed by atoms with van der Waals surface area (Å²) in [5, 5.41) is 3.00. The number of likely N-dealkylation sites (tertiary alicyclic amines) is 1. The number of benzene rings is 2. The van der Waals surface area contributed by atoms with Gasteiger partial charge in [-0.05, 0) is 55.1 Å². The normalized spacial score (nSPS) is 14.1. The van der Waals surface area contributed by atoms with E-state index in [1.54, 1.807) is 12.0 Å². The second-order valence-electron chi connectivity index (χ2n) is 7.44. The molecule has 1 saturated heterocycles. The van der Waals surface area contributed by atoms with Crippen LogP contribution in [0.3, 0.4) is 0 Å². The Labute approximate surface area is 168 Å². The van der Waals surface area contributed by atoms with Crippen molar-refractivity contribution >= 4 is 6.03 Å². The summed E-state index contributed by atoms with van der Waals surface area (Å²) >= 11 is 0. The Hall–Kier alpha value is -2.53. The van der Waals surface area contributed by atoms with Gasteiger partial charge in [-0.1, -0.05) is 42.5 Å². The molecule has 0 aromatic heterocycles. The molecular weight excluding hydrogens is 350 g/mol. The Kier molecular flexibility index (Phi) is 7.31. The lowest BCUT2D eigenvalue weighted by Crippen LogP contribution is -2.38. The standard InChI is InChI=1S/C23H31N3O2/c1-25(16-13-21-7-3-4-8-22(21)28-2)23(27)24-17-19-9-11-20(12-10-19)18-26-14-5-6-15-26/h3-4,7-12H,5-6,13-18H2,1-2H3,(H,24,27). The third kappa shape index (κ3) is 5.73. The van der Waals surface area contributed by atoms with E-state index in [2.05, 4.69) is 34.5 Å². The Morgan fingerprint density at radius 2 is 1.75 bits per heavy atom. The maximum Gasteiger partial charge on any atom is 0.317 e. The van der Waals surface area contributed by atoms with Crippen LogP contribution in [0.25, 0.3) is 0 Å². The molecule has 150 valence electrons. The molecule has 1 fully saturated rings. The van der Waals surface area contributed by atoms with Crippen LogP contribution in [-0.4, -0.2) is 49.6 Å². The van der Waals surface area contributed by atoms with E-state index in [0.717, 1.165) is 29.8 Å². The summed E-state index contributed by atoms with van der Waals surface area (Å²) in [6, 6.07) is 16.4. The maximum atomic E-state index is 12.4. The fourth-order valence-electron chi connectivity index (χ4n) is 3.57. The van der Waals surface area contributed by atoms with Crippen LogP contribution in [0.5, 0.6) is 5.75 Å². The topological polar surface area (TPSA) is 44.8 Å². The summed E-state index contributed by atoms with van der Waals surface area (Å²) in [6.07, 6.45) is 3.39. The molecule has 0 aliphatic carbocycles. The zero-order valence-corrected chi connectivity index (χ0v) is 17.0. The van der Waals surface area contributed by atoms with Gasteiger partial charge in [-0.15, -0.1) is 0 Å². The molecule has 2 aromatic rings. The average molecular weight is 382 g/mol. The van der Waals surface area contributed by atoms with E-state index in [9.17, 15) is 4.79 Å². The molecule has 0 atom stereocenters. The third-order valence-electron chi connectivity index (χ3n) is 5.33. The highest BCUT2D eigenvalue weighted by Gasteiger charge is 2.12. The molecule has 0 radical (unpaired) electrons. The minimum Gasteiger partial charge on any atom is -0.496 e. The third-order valence-corrected chi connectivity index (χ3v) is 5.33. The number of nitrogens with zero attached hydrogens (tertiary/aromatic N) is 2. The molecule has 1 aliphatic rings. The zero-order chi connectivity index (χ0) is 19.8. The van der Waals surface area contributed by atoms with Crippen molar-refractivity contribution in [2.45, 2.75) is 32.4 Å². The summed E-state index contributed by atoms with van der Waals surface area (Å²) < 4.78 is 5.37. The Bertz CT molecular complexity index is 755. The Balaban J connectivity index is 1.42. The predicted octanol–water partition coefficient (Wildman–Crippen LogP) is 3.68. The summed E-state index contributed by atoms with van der Waals surface area (Å²) in [4.78, 5) is 16.6. The molecule has 1 aliphatic heterocycles. The lowest BCUT2D eigenvalue weighted by Gasteiger charge is -2.19. The van der Waals surface area contributed by atoms with Gasteiger partial charge in [0.15, 0.2) is 0 Å². The number of carbonyl (C=O) groups is 1. The van der Waals surface area contributed by atoms with Crippen LogP contribution in [0.4, 0.5) is 4.79 Å². The highest BCUT2D eigenvalue weighted by atomic mass is 16.5. The van der Waals surface area contributed by atoms with Crippen molar-refractivity contribution in [1.82, 2.24) is 15.1 Å². The van der Waals surface area contributed by atoms with Crippen LogP contribution < -0.4 is 10.1 Å². The first-order valence-corrected chi connectivity index (χ1v) is 10.1. The van der Waals surface area contributed by atoms with Gasteiger partial charge < -0.3 is 15.0 Å². The molecule has 0 saturated carbocycles. The predicted molar refractivity (Wildman–Crippen MR) is 113 cm³/mol. The number of amides is 2. The maximum absolute atomic E-state index is 12.4. The van der Waals surface area contributed by atoms with Gasteiger partial charge in [-0.25, -0.2) is 4.79 Å². The van der Waals surface area contributed by atoms with Crippen LogP contribution >= 0.6 is 0 Å². The monoisotopic (exact) mass is 381 g/mol. The number of nitrogens with one attached hydrogen (secondary N) is 1. The largest absolute Gasteiger partial charge is 0.496 e. The van der Waals surface area contributed by atoms with Crippen LogP contribution in [0.2, 0.25) is 0 Å². The highest BCUT2D eigenvalue weighted by Crippen LogP contribution is 2.18. The van der Waals surface area contributed by atoms with Crippen LogP contribution in [-0.2, 0) is 19.5 Å². The number of methoxy groups -OCH3 is 1. The van der Waals surface area contributed by atoms with Gasteiger partial charge in [-0.2, -0.15) is 0 Å². The smallest absolute Gasteiger partial charge is 0.317 e. The molecule has 3 rings (SSSR count). The van der Waals surface area contributed by atoms with Crippen LogP contribution in [0.15, 0.2) is 48.5 Å². The molecule has 28 heavy (non-hydrogen) atoms. The van der Waals surface area contributed by atoms with Crippen molar-refractivity contribution < 1.29 is 9.53 Å². The number of carbonyl (C=O) groups excluding carboxylic acids is 1. The lowest BCUT2D eigenvalue weighted by molar-refractivity contribution is 0.208. The summed E-state index contributed by atoms with van der Waals surface area (Å²) in [5.74, 6) is 0.866. The number of urea groups is 1. The van der Waals surface area contributed by atoms with Crippen molar-refractivity contribution in [3.63, 3.8) is 0 Å². The zero-order valence-electron chi connectivity index (χ0n) is 17.0. The van der Waals surface area contributed by atoms with E-state index in [4.69, 9.17) is 4.74 Å². The first kappa shape index (κ1) is 20.2. The first-order chi connectivity index (χ1) is 13.7. The number of hydrogen-bond acceptors (Lipinski definition) is 3. The van der Waals surface area contributed by atoms with Crippen molar-refractivity contribution in [1.29, 1.82) is 0 Å². The van der Waals surface area contributed by atoms with E-state index in [-0.39, 0.29) is 6.03 Å². The molecule has 1 heterocycles. The van der Waals surface area contributed by atoms with Crippen molar-refractivity contribution in [3.05, 3.63) is 65.2 Å². The molecular formula is C23H31N3O2. The molecule has 2 aromatic carbocycles. The second-order valence-corrected chi connectivity index (χ2v) is 7.44. The van der Waals surface area contributed by atoms with Gasteiger partial charge in [0.1, 0.15) is 5.75 Å². The minimum atomic E-state index is -0.0592. The van der Waals surface area contributed by atoms with Gasteiger partial charge in [0.05, 0.1) is 7.11 Å². The number of hydrogen-bond donors (Lipinski definition) is 1. The van der Waals surface area contributed by atoms with Crippen LogP contribution in [0.1, 0.15) is 29.5 Å². The van der Waals surface area contributed by atoms with Gasteiger partial charge in [0, 0.05) is 26.7 Å². The molecule has 5 nitrogen and oxygen atoms in total. The van der Waals surface area contributed by atoms with Crippen molar-refractivity contribution in [2.24, 2.45) is 0 Å². The quantitative estimate of drug-likeness (QED) is 0.759. The molecule has 1 N–H and O–H groups in total. The van der Waals surface area contributed by atoms with E-state index in [1.165, 1.54) is 31.5 Å². The van der Waals surface area contributed by atoms with Gasteiger partial charge in [0.2, 0.25) is 0 Å². The molecule has 0 bridgehead atoms.